The molecule has 1 saturated carbocycles. The molecule has 2 bridgehead atoms. The van der Waals surface area contributed by atoms with Crippen LogP contribution in [-0.4, -0.2) is 100.0 Å². The van der Waals surface area contributed by atoms with Crippen LogP contribution < -0.4 is 20.4 Å². The fourth-order valence-corrected chi connectivity index (χ4v) is 8.77. The molecule has 8 rings (SSSR count). The number of nitriles is 1. The Balaban J connectivity index is 0.866. The number of nitrogens with one attached hydrogen (secondary N) is 2. The summed E-state index contributed by atoms with van der Waals surface area (Å²) in [7, 11) is 0. The highest BCUT2D eigenvalue weighted by Gasteiger charge is 2.48. The van der Waals surface area contributed by atoms with E-state index in [1.54, 1.807) is 38.4 Å². The Kier molecular flexibility index (Phi) is 8.71. The van der Waals surface area contributed by atoms with Gasteiger partial charge in [0.2, 0.25) is 11.8 Å². The number of carbonyl (C=O) groups excluding carboxylic acids is 5. The van der Waals surface area contributed by atoms with Crippen molar-refractivity contribution in [2.24, 2.45) is 5.92 Å². The second-order valence-corrected chi connectivity index (χ2v) is 15.3. The number of hydrogen-bond donors (Lipinski definition) is 2. The average Bonchev–Trinajstić information content (AvgIpc) is 3.96. The van der Waals surface area contributed by atoms with Crippen LogP contribution in [0.1, 0.15) is 71.4 Å². The molecular formula is C38H38F3N9O5. The fourth-order valence-electron chi connectivity index (χ4n) is 8.77. The number of alkyl halides is 3. The van der Waals surface area contributed by atoms with E-state index in [0.717, 1.165) is 74.0 Å². The zero-order valence-corrected chi connectivity index (χ0v) is 30.1. The van der Waals surface area contributed by atoms with Gasteiger partial charge in [0.15, 0.2) is 0 Å². The molecule has 4 atom stereocenters. The molecule has 14 nitrogen and oxygen atoms in total. The highest BCUT2D eigenvalue weighted by molar-refractivity contribution is 6.23. The molecule has 4 unspecified atom stereocenters. The summed E-state index contributed by atoms with van der Waals surface area (Å²) in [5.41, 5.74) is -0.725. The molecule has 2 N–H and O–H groups in total. The summed E-state index contributed by atoms with van der Waals surface area (Å²) >= 11 is 0. The van der Waals surface area contributed by atoms with E-state index in [1.165, 1.54) is 16.8 Å². The second kappa shape index (κ2) is 13.2. The molecular weight excluding hydrogens is 719 g/mol. The molecule has 1 aliphatic carbocycles. The number of rotatable bonds is 7. The maximum atomic E-state index is 13.5. The minimum atomic E-state index is -4.75. The van der Waals surface area contributed by atoms with E-state index in [1.807, 2.05) is 6.07 Å². The fraction of sp³-hybridized carbons (Fsp3) is 0.447. The summed E-state index contributed by atoms with van der Waals surface area (Å²) in [6, 6.07) is 9.50. The van der Waals surface area contributed by atoms with Gasteiger partial charge >= 0.3 is 6.18 Å². The van der Waals surface area contributed by atoms with Crippen molar-refractivity contribution < 1.29 is 37.1 Å². The lowest BCUT2D eigenvalue weighted by Crippen LogP contribution is -2.54. The Morgan fingerprint density at radius 3 is 2.38 bits per heavy atom. The van der Waals surface area contributed by atoms with Gasteiger partial charge in [-0.15, -0.1) is 0 Å². The molecule has 286 valence electrons. The van der Waals surface area contributed by atoms with Crippen molar-refractivity contribution in [2.75, 3.05) is 47.8 Å². The lowest BCUT2D eigenvalue weighted by atomic mass is 9.99. The van der Waals surface area contributed by atoms with Crippen molar-refractivity contribution in [2.45, 2.75) is 69.4 Å². The molecule has 5 amide bonds. The number of piperidine rings is 2. The van der Waals surface area contributed by atoms with Crippen LogP contribution in [0.15, 0.2) is 48.8 Å². The first-order valence-corrected chi connectivity index (χ1v) is 18.2. The van der Waals surface area contributed by atoms with Crippen LogP contribution in [0.3, 0.4) is 0 Å². The number of nitrogens with zero attached hydrogens (tertiary/aromatic N) is 7. The van der Waals surface area contributed by atoms with Crippen LogP contribution in [0.5, 0.6) is 0 Å². The van der Waals surface area contributed by atoms with Gasteiger partial charge in [-0.2, -0.15) is 23.5 Å². The SMILES string of the molecule is CC(C)(C(=O)Nc1ccc(C#N)c(C(F)(F)F)c1)n1cc(N2CC3CC2CC3N2CCN(c3ccc4c(c3)C(=O)N(C3CCC(=O)NC3=O)C4=O)CC2)cn1. The molecule has 5 heterocycles. The number of amides is 5. The Labute approximate surface area is 313 Å². The van der Waals surface area contributed by atoms with Crippen molar-refractivity contribution >= 4 is 46.6 Å². The first-order valence-electron chi connectivity index (χ1n) is 18.2. The van der Waals surface area contributed by atoms with Crippen LogP contribution in [-0.2, 0) is 26.1 Å². The Morgan fingerprint density at radius 1 is 0.964 bits per heavy atom. The molecule has 0 spiro atoms. The monoisotopic (exact) mass is 757 g/mol. The molecule has 1 aromatic heterocycles. The van der Waals surface area contributed by atoms with Crippen LogP contribution in [0.2, 0.25) is 0 Å². The average molecular weight is 758 g/mol. The van der Waals surface area contributed by atoms with Crippen molar-refractivity contribution in [3.63, 3.8) is 0 Å². The molecule has 2 aromatic carbocycles. The van der Waals surface area contributed by atoms with Gasteiger partial charge in [-0.25, -0.2) is 0 Å². The van der Waals surface area contributed by atoms with E-state index in [-0.39, 0.29) is 35.7 Å². The number of hydrogen-bond acceptors (Lipinski definition) is 10. The van der Waals surface area contributed by atoms with Crippen LogP contribution in [0.25, 0.3) is 0 Å². The van der Waals surface area contributed by atoms with Crippen LogP contribution >= 0.6 is 0 Å². The maximum absolute atomic E-state index is 13.5. The largest absolute Gasteiger partial charge is 0.417 e. The zero-order valence-electron chi connectivity index (χ0n) is 30.1. The predicted octanol–water partition coefficient (Wildman–Crippen LogP) is 3.34. The molecule has 4 fully saturated rings. The van der Waals surface area contributed by atoms with E-state index in [2.05, 4.69) is 30.4 Å². The number of imide groups is 2. The predicted molar refractivity (Wildman–Crippen MR) is 191 cm³/mol. The Morgan fingerprint density at radius 2 is 1.71 bits per heavy atom. The summed E-state index contributed by atoms with van der Waals surface area (Å²) in [6.07, 6.45) is 0.916. The minimum absolute atomic E-state index is 0.0635. The summed E-state index contributed by atoms with van der Waals surface area (Å²) in [4.78, 5) is 71.9. The minimum Gasteiger partial charge on any atom is -0.369 e. The molecule has 5 aliphatic rings. The second-order valence-electron chi connectivity index (χ2n) is 15.3. The third kappa shape index (κ3) is 6.27. The van der Waals surface area contributed by atoms with E-state index < -0.39 is 58.4 Å². The number of benzene rings is 2. The number of fused-ring (bicyclic) bond motifs is 3. The molecule has 55 heavy (non-hydrogen) atoms. The molecule has 3 aromatic rings. The van der Waals surface area contributed by atoms with E-state index in [9.17, 15) is 37.1 Å². The third-order valence-corrected chi connectivity index (χ3v) is 11.8. The lowest BCUT2D eigenvalue weighted by molar-refractivity contribution is -0.138. The van der Waals surface area contributed by atoms with Gasteiger partial charge in [-0.1, -0.05) is 0 Å². The van der Waals surface area contributed by atoms with Gasteiger partial charge in [0.1, 0.15) is 11.6 Å². The van der Waals surface area contributed by atoms with E-state index in [0.29, 0.717) is 12.0 Å². The smallest absolute Gasteiger partial charge is 0.369 e. The highest BCUT2D eigenvalue weighted by Crippen LogP contribution is 2.43. The van der Waals surface area contributed by atoms with Gasteiger partial charge in [0.05, 0.1) is 40.2 Å². The highest BCUT2D eigenvalue weighted by atomic mass is 19.4. The summed E-state index contributed by atoms with van der Waals surface area (Å²) in [5.74, 6) is -2.23. The van der Waals surface area contributed by atoms with Crippen molar-refractivity contribution in [1.29, 1.82) is 5.26 Å². The number of aromatic nitrogens is 2. The number of piperazine rings is 1. The van der Waals surface area contributed by atoms with Crippen molar-refractivity contribution in [3.8, 4) is 6.07 Å². The van der Waals surface area contributed by atoms with Crippen molar-refractivity contribution in [3.05, 3.63) is 71.0 Å². The molecule has 3 saturated heterocycles. The van der Waals surface area contributed by atoms with Crippen LogP contribution in [0.4, 0.5) is 30.2 Å². The lowest BCUT2D eigenvalue weighted by Gasteiger charge is -2.43. The quantitative estimate of drug-likeness (QED) is 0.342. The Hall–Kier alpha value is -5.76. The summed E-state index contributed by atoms with van der Waals surface area (Å²) in [5, 5.41) is 18.3. The Bertz CT molecular complexity index is 2170. The molecule has 17 heteroatoms. The third-order valence-electron chi connectivity index (χ3n) is 11.8. The normalized spacial score (nSPS) is 24.3. The van der Waals surface area contributed by atoms with Crippen LogP contribution in [0, 0.1) is 17.2 Å². The number of carbonyl (C=O) groups is 5. The van der Waals surface area contributed by atoms with E-state index in [4.69, 9.17) is 5.26 Å². The number of halogens is 3. The van der Waals surface area contributed by atoms with Gasteiger partial charge in [0, 0.05) is 68.8 Å². The zero-order chi connectivity index (χ0) is 39.0. The summed E-state index contributed by atoms with van der Waals surface area (Å²) < 4.78 is 42.0. The summed E-state index contributed by atoms with van der Waals surface area (Å²) in [6.45, 7) is 7.21. The maximum Gasteiger partial charge on any atom is 0.417 e. The molecule has 4 aliphatic heterocycles. The van der Waals surface area contributed by atoms with Gasteiger partial charge in [0.25, 0.3) is 17.7 Å². The topological polar surface area (TPSA) is 164 Å². The standard InChI is InChI=1S/C38H38F3N9O5/c1-37(2,36(55)44-23-4-3-21(17-42)29(14-23)38(39,40)41)49-20-26(18-43-49)48-19-22-13-25(48)16-31(22)47-11-9-46(10-12-47)24-5-6-27-28(15-24)35(54)50(34(27)53)30-7-8-32(51)45-33(30)52/h3-6,14-15,18,20,22,25,30-31H,7-13,16,19H2,1-2H3,(H,44,55)(H,45,51,52). The first-order chi connectivity index (χ1) is 26.1. The van der Waals surface area contributed by atoms with Crippen molar-refractivity contribution in [1.82, 2.24) is 24.9 Å². The van der Waals surface area contributed by atoms with E-state index >= 15 is 0 Å². The first kappa shape index (κ1) is 36.2. The molecule has 0 radical (unpaired) electrons. The van der Waals surface area contributed by atoms with Gasteiger partial charge < -0.3 is 15.1 Å². The van der Waals surface area contributed by atoms with Gasteiger partial charge in [-0.3, -0.25) is 43.8 Å². The van der Waals surface area contributed by atoms with Gasteiger partial charge in [-0.05, 0) is 75.4 Å². The number of anilines is 3.